The second-order valence-corrected chi connectivity index (χ2v) is 6.73. The first kappa shape index (κ1) is 14.0. The van der Waals surface area contributed by atoms with Gasteiger partial charge in [-0.05, 0) is 49.8 Å². The maximum atomic E-state index is 12.3. The second kappa shape index (κ2) is 4.94. The summed E-state index contributed by atoms with van der Waals surface area (Å²) >= 11 is 0. The van der Waals surface area contributed by atoms with Crippen LogP contribution >= 0.6 is 0 Å². The van der Waals surface area contributed by atoms with Gasteiger partial charge in [-0.1, -0.05) is 12.1 Å². The molecule has 0 radical (unpaired) electrons. The van der Waals surface area contributed by atoms with Crippen LogP contribution in [-0.4, -0.2) is 25.5 Å². The van der Waals surface area contributed by atoms with Gasteiger partial charge in [0.1, 0.15) is 6.04 Å². The van der Waals surface area contributed by atoms with Gasteiger partial charge in [-0.25, -0.2) is 8.42 Å². The maximum Gasteiger partial charge on any atom is 0.322 e. The summed E-state index contributed by atoms with van der Waals surface area (Å²) in [5.41, 5.74) is 1.43. The van der Waals surface area contributed by atoms with E-state index in [0.29, 0.717) is 5.56 Å². The molecule has 1 saturated carbocycles. The van der Waals surface area contributed by atoms with Crippen molar-refractivity contribution in [3.8, 4) is 0 Å². The van der Waals surface area contributed by atoms with Crippen LogP contribution in [0.1, 0.15) is 24.0 Å². The minimum Gasteiger partial charge on any atom is -0.480 e. The van der Waals surface area contributed by atoms with E-state index in [1.54, 1.807) is 26.0 Å². The van der Waals surface area contributed by atoms with Gasteiger partial charge in [-0.15, -0.1) is 0 Å². The van der Waals surface area contributed by atoms with E-state index in [-0.39, 0.29) is 10.8 Å². The van der Waals surface area contributed by atoms with Crippen molar-refractivity contribution in [1.29, 1.82) is 0 Å². The zero-order valence-electron chi connectivity index (χ0n) is 10.9. The molecule has 19 heavy (non-hydrogen) atoms. The minimum atomic E-state index is -3.79. The number of hydrogen-bond acceptors (Lipinski definition) is 3. The van der Waals surface area contributed by atoms with Crippen LogP contribution in [-0.2, 0) is 14.8 Å². The van der Waals surface area contributed by atoms with E-state index < -0.39 is 22.0 Å². The molecule has 0 aliphatic heterocycles. The lowest BCUT2D eigenvalue weighted by atomic mass is 10.2. The molecule has 1 unspecified atom stereocenters. The largest absolute Gasteiger partial charge is 0.480 e. The summed E-state index contributed by atoms with van der Waals surface area (Å²) in [4.78, 5) is 11.3. The Hall–Kier alpha value is -1.40. The molecule has 1 aliphatic carbocycles. The number of benzene rings is 1. The van der Waals surface area contributed by atoms with Crippen molar-refractivity contribution >= 4 is 16.0 Å². The second-order valence-electron chi connectivity index (χ2n) is 5.04. The van der Waals surface area contributed by atoms with Crippen LogP contribution in [0.2, 0.25) is 0 Å². The van der Waals surface area contributed by atoms with Gasteiger partial charge in [-0.3, -0.25) is 4.79 Å². The highest BCUT2D eigenvalue weighted by Crippen LogP contribution is 2.33. The van der Waals surface area contributed by atoms with Crippen LogP contribution in [0.3, 0.4) is 0 Å². The zero-order chi connectivity index (χ0) is 14.2. The van der Waals surface area contributed by atoms with Crippen LogP contribution in [0.15, 0.2) is 23.1 Å². The third-order valence-electron chi connectivity index (χ3n) is 3.27. The Morgan fingerprint density at radius 3 is 2.53 bits per heavy atom. The molecule has 0 amide bonds. The SMILES string of the molecule is Cc1ccc(C)c(S(=O)(=O)NC(C(=O)O)C2CC2)c1. The number of hydrogen-bond donors (Lipinski definition) is 2. The van der Waals surface area contributed by atoms with Gasteiger partial charge in [0, 0.05) is 0 Å². The number of aliphatic carboxylic acids is 1. The van der Waals surface area contributed by atoms with Gasteiger partial charge in [0.15, 0.2) is 0 Å². The normalized spacial score (nSPS) is 17.2. The van der Waals surface area contributed by atoms with Crippen molar-refractivity contribution in [3.63, 3.8) is 0 Å². The molecular weight excluding hydrogens is 266 g/mol. The van der Waals surface area contributed by atoms with Crippen molar-refractivity contribution in [2.75, 3.05) is 0 Å². The molecule has 1 atom stereocenters. The van der Waals surface area contributed by atoms with Crippen molar-refractivity contribution in [3.05, 3.63) is 29.3 Å². The van der Waals surface area contributed by atoms with E-state index in [9.17, 15) is 13.2 Å². The first-order valence-corrected chi connectivity index (χ1v) is 7.62. The van der Waals surface area contributed by atoms with Gasteiger partial charge >= 0.3 is 5.97 Å². The lowest BCUT2D eigenvalue weighted by molar-refractivity contribution is -0.139. The number of carboxylic acids is 1. The van der Waals surface area contributed by atoms with Gasteiger partial charge in [0.25, 0.3) is 0 Å². The smallest absolute Gasteiger partial charge is 0.322 e. The van der Waals surface area contributed by atoms with Gasteiger partial charge in [-0.2, -0.15) is 4.72 Å². The predicted octanol–water partition coefficient (Wildman–Crippen LogP) is 1.44. The van der Waals surface area contributed by atoms with E-state index in [1.807, 2.05) is 6.07 Å². The van der Waals surface area contributed by atoms with Crippen molar-refractivity contribution in [2.45, 2.75) is 37.6 Å². The van der Waals surface area contributed by atoms with Crippen molar-refractivity contribution in [1.82, 2.24) is 4.72 Å². The van der Waals surface area contributed by atoms with Gasteiger partial charge in [0.2, 0.25) is 10.0 Å². The monoisotopic (exact) mass is 283 g/mol. The number of carbonyl (C=O) groups is 1. The van der Waals surface area contributed by atoms with Crippen LogP contribution < -0.4 is 4.72 Å². The molecule has 104 valence electrons. The molecular formula is C13H17NO4S. The Kier molecular flexibility index (Phi) is 3.64. The summed E-state index contributed by atoms with van der Waals surface area (Å²) in [6, 6.07) is 4.08. The van der Waals surface area contributed by atoms with E-state index in [1.165, 1.54) is 0 Å². The van der Waals surface area contributed by atoms with Gasteiger partial charge < -0.3 is 5.11 Å². The molecule has 1 fully saturated rings. The van der Waals surface area contributed by atoms with E-state index in [0.717, 1.165) is 18.4 Å². The molecule has 0 heterocycles. The van der Waals surface area contributed by atoms with Crippen molar-refractivity contribution in [2.24, 2.45) is 5.92 Å². The number of carboxylic acid groups (broad SMARTS) is 1. The zero-order valence-corrected chi connectivity index (χ0v) is 11.7. The molecule has 0 aromatic heterocycles. The van der Waals surface area contributed by atoms with E-state index >= 15 is 0 Å². The van der Waals surface area contributed by atoms with Gasteiger partial charge in [0.05, 0.1) is 4.90 Å². The molecule has 2 N–H and O–H groups in total. The Morgan fingerprint density at radius 1 is 1.37 bits per heavy atom. The highest BCUT2D eigenvalue weighted by Gasteiger charge is 2.39. The summed E-state index contributed by atoms with van der Waals surface area (Å²) in [6.45, 7) is 3.49. The number of rotatable bonds is 5. The first-order chi connectivity index (χ1) is 8.81. The highest BCUT2D eigenvalue weighted by molar-refractivity contribution is 7.89. The molecule has 1 aromatic carbocycles. The summed E-state index contributed by atoms with van der Waals surface area (Å²) in [5, 5.41) is 9.09. The summed E-state index contributed by atoms with van der Waals surface area (Å²) in [6.07, 6.45) is 1.51. The average Bonchev–Trinajstić information content (AvgIpc) is 3.13. The molecule has 0 spiro atoms. The van der Waals surface area contributed by atoms with Crippen LogP contribution in [0.4, 0.5) is 0 Å². The minimum absolute atomic E-state index is 0.0857. The van der Waals surface area contributed by atoms with Crippen LogP contribution in [0.5, 0.6) is 0 Å². The van der Waals surface area contributed by atoms with E-state index in [4.69, 9.17) is 5.11 Å². The summed E-state index contributed by atoms with van der Waals surface area (Å²) < 4.78 is 26.9. The molecule has 1 aromatic rings. The fourth-order valence-electron chi connectivity index (χ4n) is 2.01. The number of sulfonamides is 1. The lowest BCUT2D eigenvalue weighted by Gasteiger charge is -2.15. The summed E-state index contributed by atoms with van der Waals surface area (Å²) in [7, 11) is -3.79. The molecule has 5 nitrogen and oxygen atoms in total. The Morgan fingerprint density at radius 2 is 2.00 bits per heavy atom. The summed E-state index contributed by atoms with van der Waals surface area (Å²) in [5.74, 6) is -1.20. The van der Waals surface area contributed by atoms with Crippen molar-refractivity contribution < 1.29 is 18.3 Å². The fraction of sp³-hybridized carbons (Fsp3) is 0.462. The average molecular weight is 283 g/mol. The quantitative estimate of drug-likeness (QED) is 0.856. The fourth-order valence-corrected chi connectivity index (χ4v) is 3.59. The topological polar surface area (TPSA) is 83.5 Å². The Labute approximate surface area is 112 Å². The third kappa shape index (κ3) is 3.13. The first-order valence-electron chi connectivity index (χ1n) is 6.13. The third-order valence-corrected chi connectivity index (χ3v) is 4.86. The molecule has 0 bridgehead atoms. The molecule has 6 heteroatoms. The molecule has 1 aliphatic rings. The predicted molar refractivity (Wildman–Crippen MR) is 70.4 cm³/mol. The Balaban J connectivity index is 2.31. The maximum absolute atomic E-state index is 12.3. The Bertz CT molecular complexity index is 605. The van der Waals surface area contributed by atoms with E-state index in [2.05, 4.69) is 4.72 Å². The standard InChI is InChI=1S/C13H17NO4S/c1-8-3-4-9(2)11(7-8)19(17,18)14-12(13(15)16)10-5-6-10/h3-4,7,10,12,14H,5-6H2,1-2H3,(H,15,16). The van der Waals surface area contributed by atoms with Crippen LogP contribution in [0, 0.1) is 19.8 Å². The number of aryl methyl sites for hydroxylation is 2. The van der Waals surface area contributed by atoms with Crippen LogP contribution in [0.25, 0.3) is 0 Å². The molecule has 2 rings (SSSR count). The highest BCUT2D eigenvalue weighted by atomic mass is 32.2. The molecule has 0 saturated heterocycles. The lowest BCUT2D eigenvalue weighted by Crippen LogP contribution is -2.42. The number of nitrogens with one attached hydrogen (secondary N) is 1.